The molecule has 1 aliphatic carbocycles. The highest BCUT2D eigenvalue weighted by atomic mass is 14.9. The van der Waals surface area contributed by atoms with Gasteiger partial charge in [-0.25, -0.2) is 0 Å². The van der Waals surface area contributed by atoms with Gasteiger partial charge in [-0.05, 0) is 48.8 Å². The molecule has 1 aliphatic rings. The minimum atomic E-state index is 0.555. The summed E-state index contributed by atoms with van der Waals surface area (Å²) in [5, 5.41) is 3.76. The summed E-state index contributed by atoms with van der Waals surface area (Å²) in [7, 11) is 0. The molecule has 1 saturated carbocycles. The first kappa shape index (κ1) is 15.6. The monoisotopic (exact) mass is 273 g/mol. The zero-order valence-corrected chi connectivity index (χ0v) is 13.5. The molecule has 1 nitrogen and oxygen atoms in total. The second-order valence-corrected chi connectivity index (χ2v) is 6.56. The van der Waals surface area contributed by atoms with Crippen molar-refractivity contribution in [2.75, 3.05) is 6.54 Å². The number of aryl methyl sites for hydroxylation is 1. The molecule has 1 heteroatoms. The van der Waals surface area contributed by atoms with E-state index in [1.165, 1.54) is 49.7 Å². The van der Waals surface area contributed by atoms with Crippen LogP contribution in [0.2, 0.25) is 0 Å². The zero-order chi connectivity index (χ0) is 14.4. The van der Waals surface area contributed by atoms with E-state index in [-0.39, 0.29) is 0 Å². The van der Waals surface area contributed by atoms with Gasteiger partial charge in [0.15, 0.2) is 0 Å². The van der Waals surface area contributed by atoms with Gasteiger partial charge in [-0.1, -0.05) is 64.3 Å². The van der Waals surface area contributed by atoms with Gasteiger partial charge in [0.05, 0.1) is 0 Å². The lowest BCUT2D eigenvalue weighted by molar-refractivity contribution is 0.225. The highest BCUT2D eigenvalue weighted by molar-refractivity contribution is 5.27. The van der Waals surface area contributed by atoms with Gasteiger partial charge >= 0.3 is 0 Å². The Morgan fingerprint density at radius 2 is 2.10 bits per heavy atom. The van der Waals surface area contributed by atoms with E-state index in [4.69, 9.17) is 0 Å². The van der Waals surface area contributed by atoms with Gasteiger partial charge in [0.2, 0.25) is 0 Å². The third kappa shape index (κ3) is 4.09. The molecule has 112 valence electrons. The van der Waals surface area contributed by atoms with Crippen LogP contribution in [0.1, 0.15) is 70.0 Å². The summed E-state index contributed by atoms with van der Waals surface area (Å²) < 4.78 is 0. The SMILES string of the molecule is CCCc1cccc(C(NCC)C2CCCC(C)C2)c1. The molecule has 1 N–H and O–H groups in total. The predicted octanol–water partition coefficient (Wildman–Crippen LogP) is 5.12. The third-order valence-corrected chi connectivity index (χ3v) is 4.72. The van der Waals surface area contributed by atoms with Crippen LogP contribution in [0.25, 0.3) is 0 Å². The molecule has 0 saturated heterocycles. The molecule has 0 aromatic heterocycles. The Morgan fingerprint density at radius 1 is 1.25 bits per heavy atom. The van der Waals surface area contributed by atoms with Crippen molar-refractivity contribution in [1.82, 2.24) is 5.32 Å². The van der Waals surface area contributed by atoms with Crippen molar-refractivity contribution in [3.8, 4) is 0 Å². The molecule has 0 spiro atoms. The second-order valence-electron chi connectivity index (χ2n) is 6.56. The van der Waals surface area contributed by atoms with E-state index < -0.39 is 0 Å². The number of nitrogens with one attached hydrogen (secondary N) is 1. The van der Waals surface area contributed by atoms with Crippen molar-refractivity contribution in [1.29, 1.82) is 0 Å². The maximum Gasteiger partial charge on any atom is 0.0348 e. The minimum absolute atomic E-state index is 0.555. The number of benzene rings is 1. The van der Waals surface area contributed by atoms with Crippen molar-refractivity contribution >= 4 is 0 Å². The molecule has 1 fully saturated rings. The molecular formula is C19H31N. The van der Waals surface area contributed by atoms with Crippen LogP contribution in [0.5, 0.6) is 0 Å². The normalized spacial score (nSPS) is 24.6. The molecule has 1 aromatic carbocycles. The molecule has 0 heterocycles. The Bertz CT molecular complexity index is 399. The topological polar surface area (TPSA) is 12.0 Å². The summed E-state index contributed by atoms with van der Waals surface area (Å²) >= 11 is 0. The Hall–Kier alpha value is -0.820. The molecule has 0 bridgehead atoms. The number of hydrogen-bond acceptors (Lipinski definition) is 1. The molecule has 0 amide bonds. The van der Waals surface area contributed by atoms with E-state index in [1.807, 2.05) is 0 Å². The molecule has 0 aliphatic heterocycles. The van der Waals surface area contributed by atoms with Crippen LogP contribution in [0, 0.1) is 11.8 Å². The first-order chi connectivity index (χ1) is 9.74. The van der Waals surface area contributed by atoms with Crippen molar-refractivity contribution in [3.05, 3.63) is 35.4 Å². The van der Waals surface area contributed by atoms with Crippen molar-refractivity contribution in [2.45, 2.75) is 65.3 Å². The third-order valence-electron chi connectivity index (χ3n) is 4.72. The van der Waals surface area contributed by atoms with Crippen LogP contribution < -0.4 is 5.32 Å². The maximum absolute atomic E-state index is 3.76. The van der Waals surface area contributed by atoms with E-state index in [0.717, 1.165) is 18.4 Å². The molecule has 3 unspecified atom stereocenters. The van der Waals surface area contributed by atoms with Crippen LogP contribution >= 0.6 is 0 Å². The van der Waals surface area contributed by atoms with Gasteiger partial charge in [0, 0.05) is 6.04 Å². The van der Waals surface area contributed by atoms with Crippen LogP contribution in [-0.2, 0) is 6.42 Å². The summed E-state index contributed by atoms with van der Waals surface area (Å²) in [4.78, 5) is 0. The fourth-order valence-corrected chi connectivity index (χ4v) is 3.79. The summed E-state index contributed by atoms with van der Waals surface area (Å²) in [6.07, 6.45) is 8.03. The molecule has 20 heavy (non-hydrogen) atoms. The Labute approximate surface area is 125 Å². The lowest BCUT2D eigenvalue weighted by Gasteiger charge is -2.34. The van der Waals surface area contributed by atoms with Crippen molar-refractivity contribution in [2.24, 2.45) is 11.8 Å². The molecule has 1 aromatic rings. The Kier molecular flexibility index (Phi) is 6.09. The van der Waals surface area contributed by atoms with Crippen molar-refractivity contribution in [3.63, 3.8) is 0 Å². The van der Waals surface area contributed by atoms with E-state index in [1.54, 1.807) is 0 Å². The van der Waals surface area contributed by atoms with Gasteiger partial charge in [-0.15, -0.1) is 0 Å². The quantitative estimate of drug-likeness (QED) is 0.759. The lowest BCUT2D eigenvalue weighted by atomic mass is 9.76. The average Bonchev–Trinajstić information content (AvgIpc) is 2.45. The first-order valence-electron chi connectivity index (χ1n) is 8.56. The smallest absolute Gasteiger partial charge is 0.0348 e. The lowest BCUT2D eigenvalue weighted by Crippen LogP contribution is -2.31. The van der Waals surface area contributed by atoms with E-state index in [9.17, 15) is 0 Å². The summed E-state index contributed by atoms with van der Waals surface area (Å²) in [5.41, 5.74) is 3.01. The first-order valence-corrected chi connectivity index (χ1v) is 8.56. The van der Waals surface area contributed by atoms with Crippen molar-refractivity contribution < 1.29 is 0 Å². The van der Waals surface area contributed by atoms with Gasteiger partial charge in [-0.3, -0.25) is 0 Å². The highest BCUT2D eigenvalue weighted by Crippen LogP contribution is 2.37. The molecule has 0 radical (unpaired) electrons. The van der Waals surface area contributed by atoms with E-state index >= 15 is 0 Å². The fourth-order valence-electron chi connectivity index (χ4n) is 3.79. The average molecular weight is 273 g/mol. The van der Waals surface area contributed by atoms with Gasteiger partial charge < -0.3 is 5.32 Å². The largest absolute Gasteiger partial charge is 0.310 e. The minimum Gasteiger partial charge on any atom is -0.310 e. The Morgan fingerprint density at radius 3 is 2.80 bits per heavy atom. The van der Waals surface area contributed by atoms with Gasteiger partial charge in [0.25, 0.3) is 0 Å². The van der Waals surface area contributed by atoms with E-state index in [0.29, 0.717) is 6.04 Å². The van der Waals surface area contributed by atoms with Gasteiger partial charge in [0.1, 0.15) is 0 Å². The maximum atomic E-state index is 3.76. The van der Waals surface area contributed by atoms with Gasteiger partial charge in [-0.2, -0.15) is 0 Å². The van der Waals surface area contributed by atoms with Crippen LogP contribution in [0.4, 0.5) is 0 Å². The molecule has 2 rings (SSSR count). The standard InChI is InChI=1S/C19H31N/c1-4-8-16-10-7-12-18(14-16)19(20-5-2)17-11-6-9-15(3)13-17/h7,10,12,14-15,17,19-20H,4-6,8-9,11,13H2,1-3H3. The number of hydrogen-bond donors (Lipinski definition) is 1. The van der Waals surface area contributed by atoms with E-state index in [2.05, 4.69) is 50.4 Å². The van der Waals surface area contributed by atoms with Crippen LogP contribution in [0.3, 0.4) is 0 Å². The predicted molar refractivity (Wildman–Crippen MR) is 88.0 cm³/mol. The van der Waals surface area contributed by atoms with Crippen LogP contribution in [0.15, 0.2) is 24.3 Å². The Balaban J connectivity index is 2.16. The summed E-state index contributed by atoms with van der Waals surface area (Å²) in [5.74, 6) is 1.71. The molecular weight excluding hydrogens is 242 g/mol. The summed E-state index contributed by atoms with van der Waals surface area (Å²) in [6, 6.07) is 9.85. The zero-order valence-electron chi connectivity index (χ0n) is 13.5. The second kappa shape index (κ2) is 7.83. The summed E-state index contributed by atoms with van der Waals surface area (Å²) in [6.45, 7) is 7.97. The van der Waals surface area contributed by atoms with Crippen LogP contribution in [-0.4, -0.2) is 6.54 Å². The fraction of sp³-hybridized carbons (Fsp3) is 0.684. The molecule has 3 atom stereocenters. The highest BCUT2D eigenvalue weighted by Gasteiger charge is 2.27. The number of rotatable bonds is 6.